The van der Waals surface area contributed by atoms with E-state index in [0.717, 1.165) is 37.2 Å². The SMILES string of the molecule is COc1cc(/C=C2\[C@@H](O)C3CCN2CC3)cc(OC)c1OC. The van der Waals surface area contributed by atoms with Gasteiger partial charge in [0.15, 0.2) is 11.5 Å². The van der Waals surface area contributed by atoms with E-state index in [2.05, 4.69) is 4.90 Å². The summed E-state index contributed by atoms with van der Waals surface area (Å²) in [5.41, 5.74) is 1.94. The van der Waals surface area contributed by atoms with Crippen molar-refractivity contribution in [3.63, 3.8) is 0 Å². The molecule has 3 aliphatic heterocycles. The van der Waals surface area contributed by atoms with Crippen LogP contribution in [-0.4, -0.2) is 50.5 Å². The molecule has 0 unspecified atom stereocenters. The van der Waals surface area contributed by atoms with E-state index >= 15 is 0 Å². The Kier molecular flexibility index (Phi) is 4.16. The summed E-state index contributed by atoms with van der Waals surface area (Å²) in [6.07, 6.45) is 3.81. The number of fused-ring (bicyclic) bond motifs is 3. The Hall–Kier alpha value is -1.88. The van der Waals surface area contributed by atoms with Crippen molar-refractivity contribution in [2.45, 2.75) is 18.9 Å². The van der Waals surface area contributed by atoms with Gasteiger partial charge in [-0.1, -0.05) is 0 Å². The molecule has 4 rings (SSSR count). The van der Waals surface area contributed by atoms with Crippen LogP contribution in [-0.2, 0) is 0 Å². The summed E-state index contributed by atoms with van der Waals surface area (Å²) in [5, 5.41) is 10.5. The molecule has 0 saturated carbocycles. The molecule has 1 aromatic rings. The lowest BCUT2D eigenvalue weighted by molar-refractivity contribution is 0.0215. The van der Waals surface area contributed by atoms with E-state index in [-0.39, 0.29) is 6.10 Å². The molecule has 5 heteroatoms. The zero-order valence-electron chi connectivity index (χ0n) is 13.3. The molecule has 3 heterocycles. The van der Waals surface area contributed by atoms with Gasteiger partial charge in [0.1, 0.15) is 0 Å². The molecular formula is C17H23NO4. The van der Waals surface area contributed by atoms with Crippen molar-refractivity contribution in [2.75, 3.05) is 34.4 Å². The Labute approximate surface area is 131 Å². The Morgan fingerprint density at radius 1 is 1.05 bits per heavy atom. The molecule has 5 nitrogen and oxygen atoms in total. The fourth-order valence-corrected chi connectivity index (χ4v) is 3.43. The zero-order chi connectivity index (χ0) is 15.7. The second-order valence-electron chi connectivity index (χ2n) is 5.80. The fourth-order valence-electron chi connectivity index (χ4n) is 3.43. The first-order valence-corrected chi connectivity index (χ1v) is 7.62. The van der Waals surface area contributed by atoms with Crippen molar-refractivity contribution < 1.29 is 19.3 Å². The average Bonchev–Trinajstić information content (AvgIpc) is 2.57. The van der Waals surface area contributed by atoms with E-state index in [1.807, 2.05) is 18.2 Å². The van der Waals surface area contributed by atoms with Crippen LogP contribution in [0.15, 0.2) is 17.8 Å². The minimum atomic E-state index is -0.374. The summed E-state index contributed by atoms with van der Waals surface area (Å²) in [5.74, 6) is 2.22. The predicted octanol–water partition coefficient (Wildman–Crippen LogP) is 2.14. The third kappa shape index (κ3) is 2.50. The number of rotatable bonds is 4. The van der Waals surface area contributed by atoms with Crippen LogP contribution in [0.25, 0.3) is 6.08 Å². The van der Waals surface area contributed by atoms with E-state index in [0.29, 0.717) is 23.2 Å². The van der Waals surface area contributed by atoms with Crippen LogP contribution in [0.4, 0.5) is 0 Å². The molecule has 120 valence electrons. The summed E-state index contributed by atoms with van der Waals surface area (Å²) in [7, 11) is 4.80. The summed E-state index contributed by atoms with van der Waals surface area (Å²) < 4.78 is 16.1. The number of methoxy groups -OCH3 is 3. The number of benzene rings is 1. The lowest BCUT2D eigenvalue weighted by atomic mass is 9.83. The van der Waals surface area contributed by atoms with E-state index in [9.17, 15) is 5.11 Å². The largest absolute Gasteiger partial charge is 0.493 e. The van der Waals surface area contributed by atoms with Gasteiger partial charge in [-0.25, -0.2) is 0 Å². The van der Waals surface area contributed by atoms with Crippen LogP contribution < -0.4 is 14.2 Å². The van der Waals surface area contributed by atoms with Gasteiger partial charge in [-0.15, -0.1) is 0 Å². The zero-order valence-corrected chi connectivity index (χ0v) is 13.3. The van der Waals surface area contributed by atoms with Gasteiger partial charge in [0, 0.05) is 18.8 Å². The first-order valence-electron chi connectivity index (χ1n) is 7.62. The minimum Gasteiger partial charge on any atom is -0.493 e. The lowest BCUT2D eigenvalue weighted by Gasteiger charge is -2.45. The summed E-state index contributed by atoms with van der Waals surface area (Å²) in [6.45, 7) is 2.05. The van der Waals surface area contributed by atoms with E-state index in [4.69, 9.17) is 14.2 Å². The highest BCUT2D eigenvalue weighted by Gasteiger charge is 2.36. The molecule has 1 atom stereocenters. The molecule has 0 spiro atoms. The van der Waals surface area contributed by atoms with Gasteiger partial charge in [0.2, 0.25) is 5.75 Å². The monoisotopic (exact) mass is 305 g/mol. The molecule has 0 radical (unpaired) electrons. The van der Waals surface area contributed by atoms with Gasteiger partial charge in [-0.05, 0) is 42.5 Å². The first kappa shape index (κ1) is 15.0. The molecule has 3 saturated heterocycles. The fraction of sp³-hybridized carbons (Fsp3) is 0.529. The van der Waals surface area contributed by atoms with Crippen molar-refractivity contribution in [3.05, 3.63) is 23.4 Å². The molecule has 1 aromatic carbocycles. The van der Waals surface area contributed by atoms with E-state index in [1.54, 1.807) is 21.3 Å². The number of aliphatic hydroxyl groups is 1. The number of hydrogen-bond acceptors (Lipinski definition) is 5. The molecule has 22 heavy (non-hydrogen) atoms. The van der Waals surface area contributed by atoms with Crippen LogP contribution in [0.3, 0.4) is 0 Å². The molecule has 3 fully saturated rings. The van der Waals surface area contributed by atoms with Crippen molar-refractivity contribution in [1.82, 2.24) is 4.90 Å². The standard InChI is InChI=1S/C17H23NO4/c1-20-14-9-11(10-15(21-2)17(14)22-3)8-13-16(19)12-4-6-18(13)7-5-12/h8-10,12,16,19H,4-7H2,1-3H3/b13-8+/t16-/m0/s1. The van der Waals surface area contributed by atoms with E-state index < -0.39 is 0 Å². The first-order chi connectivity index (χ1) is 10.7. The smallest absolute Gasteiger partial charge is 0.203 e. The van der Waals surface area contributed by atoms with Gasteiger partial charge < -0.3 is 24.2 Å². The van der Waals surface area contributed by atoms with Gasteiger partial charge >= 0.3 is 0 Å². The quantitative estimate of drug-likeness (QED) is 0.923. The third-order valence-electron chi connectivity index (χ3n) is 4.66. The molecule has 0 aliphatic carbocycles. The maximum Gasteiger partial charge on any atom is 0.203 e. The summed E-state index contributed by atoms with van der Waals surface area (Å²) >= 11 is 0. The predicted molar refractivity (Wildman–Crippen MR) is 84.4 cm³/mol. The van der Waals surface area contributed by atoms with Gasteiger partial charge in [-0.2, -0.15) is 0 Å². The molecule has 1 N–H and O–H groups in total. The third-order valence-corrected chi connectivity index (χ3v) is 4.66. The normalized spacial score (nSPS) is 25.5. The number of aliphatic hydroxyl groups excluding tert-OH is 1. The highest BCUT2D eigenvalue weighted by Crippen LogP contribution is 2.40. The van der Waals surface area contributed by atoms with Crippen molar-refractivity contribution in [3.8, 4) is 17.2 Å². The Morgan fingerprint density at radius 3 is 2.09 bits per heavy atom. The number of ether oxygens (including phenoxy) is 3. The van der Waals surface area contributed by atoms with Crippen LogP contribution in [0.2, 0.25) is 0 Å². The van der Waals surface area contributed by atoms with Crippen LogP contribution >= 0.6 is 0 Å². The molecular weight excluding hydrogens is 282 g/mol. The summed E-state index contributed by atoms with van der Waals surface area (Å²) in [4.78, 5) is 2.27. The van der Waals surface area contributed by atoms with Gasteiger partial charge in [0.05, 0.1) is 27.4 Å². The summed E-state index contributed by atoms with van der Waals surface area (Å²) in [6, 6.07) is 3.81. The van der Waals surface area contributed by atoms with Gasteiger partial charge in [0.25, 0.3) is 0 Å². The van der Waals surface area contributed by atoms with Crippen LogP contribution in [0, 0.1) is 5.92 Å². The number of hydrogen-bond donors (Lipinski definition) is 1. The molecule has 0 aromatic heterocycles. The maximum absolute atomic E-state index is 10.5. The minimum absolute atomic E-state index is 0.374. The topological polar surface area (TPSA) is 51.2 Å². The van der Waals surface area contributed by atoms with Gasteiger partial charge in [-0.3, -0.25) is 0 Å². The Bertz CT molecular complexity index is 547. The second kappa shape index (κ2) is 6.08. The van der Waals surface area contributed by atoms with E-state index in [1.165, 1.54) is 0 Å². The highest BCUT2D eigenvalue weighted by atomic mass is 16.5. The Morgan fingerprint density at radius 2 is 1.64 bits per heavy atom. The van der Waals surface area contributed by atoms with Crippen molar-refractivity contribution >= 4 is 6.08 Å². The molecule has 2 bridgehead atoms. The van der Waals surface area contributed by atoms with Crippen molar-refractivity contribution in [1.29, 1.82) is 0 Å². The average molecular weight is 305 g/mol. The molecule has 3 aliphatic rings. The molecule has 0 amide bonds. The van der Waals surface area contributed by atoms with Crippen molar-refractivity contribution in [2.24, 2.45) is 5.92 Å². The lowest BCUT2D eigenvalue weighted by Crippen LogP contribution is -2.48. The number of piperidine rings is 3. The van der Waals surface area contributed by atoms with Crippen LogP contribution in [0.5, 0.6) is 17.2 Å². The Balaban J connectivity index is 2.00. The highest BCUT2D eigenvalue weighted by molar-refractivity contribution is 5.64. The number of nitrogens with zero attached hydrogens (tertiary/aromatic N) is 1. The second-order valence-corrected chi connectivity index (χ2v) is 5.80. The van der Waals surface area contributed by atoms with Crippen LogP contribution in [0.1, 0.15) is 18.4 Å². The maximum atomic E-state index is 10.5.